The molecule has 3 nitrogen and oxygen atoms in total. The molecule has 1 heterocycles. The number of nitrogens with two attached hydrogens (primary N) is 1. The summed E-state index contributed by atoms with van der Waals surface area (Å²) in [5, 5.41) is 0.673. The van der Waals surface area contributed by atoms with Crippen LogP contribution in [0.2, 0.25) is 5.02 Å². The summed E-state index contributed by atoms with van der Waals surface area (Å²) in [7, 11) is 2.04. The quantitative estimate of drug-likeness (QED) is 0.786. The van der Waals surface area contributed by atoms with Crippen molar-refractivity contribution in [2.75, 3.05) is 30.9 Å². The minimum absolute atomic E-state index is 0.425. The van der Waals surface area contributed by atoms with E-state index in [4.69, 9.17) is 22.1 Å². The van der Waals surface area contributed by atoms with E-state index in [0.717, 1.165) is 31.0 Å². The van der Waals surface area contributed by atoms with Crippen LogP contribution in [0.25, 0.3) is 0 Å². The van der Waals surface area contributed by atoms with E-state index in [2.05, 4.69) is 4.90 Å². The molecule has 1 unspecified atom stereocenters. The van der Waals surface area contributed by atoms with Gasteiger partial charge < -0.3 is 15.4 Å². The van der Waals surface area contributed by atoms with Gasteiger partial charge in [-0.05, 0) is 24.6 Å². The van der Waals surface area contributed by atoms with Gasteiger partial charge in [-0.15, -0.1) is 0 Å². The number of ether oxygens (including phenoxy) is 1. The number of nitrogens with zero attached hydrogens (tertiary/aromatic N) is 1. The van der Waals surface area contributed by atoms with E-state index in [1.54, 1.807) is 6.07 Å². The van der Waals surface area contributed by atoms with Crippen molar-refractivity contribution >= 4 is 23.0 Å². The number of hydrogen-bond donors (Lipinski definition) is 1. The average Bonchev–Trinajstić information content (AvgIpc) is 2.69. The topological polar surface area (TPSA) is 38.5 Å². The van der Waals surface area contributed by atoms with Gasteiger partial charge in [0.15, 0.2) is 0 Å². The van der Waals surface area contributed by atoms with Crippen molar-refractivity contribution in [2.45, 2.75) is 12.5 Å². The van der Waals surface area contributed by atoms with E-state index in [9.17, 15) is 0 Å². The average molecular weight is 227 g/mol. The van der Waals surface area contributed by atoms with Crippen molar-refractivity contribution in [3.63, 3.8) is 0 Å². The van der Waals surface area contributed by atoms with Gasteiger partial charge in [-0.3, -0.25) is 0 Å². The lowest BCUT2D eigenvalue weighted by Crippen LogP contribution is -2.32. The normalized spacial score (nSPS) is 20.5. The first kappa shape index (κ1) is 10.6. The van der Waals surface area contributed by atoms with Gasteiger partial charge in [0.05, 0.1) is 24.0 Å². The highest BCUT2D eigenvalue weighted by Gasteiger charge is 2.21. The second-order valence-corrected chi connectivity index (χ2v) is 4.27. The number of anilines is 2. The van der Waals surface area contributed by atoms with E-state index in [-0.39, 0.29) is 0 Å². The number of halogens is 1. The zero-order chi connectivity index (χ0) is 10.8. The zero-order valence-corrected chi connectivity index (χ0v) is 9.50. The third kappa shape index (κ3) is 2.19. The van der Waals surface area contributed by atoms with Crippen molar-refractivity contribution in [3.8, 4) is 0 Å². The Morgan fingerprint density at radius 2 is 2.33 bits per heavy atom. The van der Waals surface area contributed by atoms with Gasteiger partial charge in [0.25, 0.3) is 0 Å². The van der Waals surface area contributed by atoms with Crippen LogP contribution in [-0.2, 0) is 4.74 Å². The first-order chi connectivity index (χ1) is 7.18. The van der Waals surface area contributed by atoms with Crippen molar-refractivity contribution in [3.05, 3.63) is 23.2 Å². The van der Waals surface area contributed by atoms with Crippen molar-refractivity contribution < 1.29 is 4.74 Å². The molecule has 4 heteroatoms. The maximum atomic E-state index is 5.92. The van der Waals surface area contributed by atoms with Crippen LogP contribution in [0, 0.1) is 0 Å². The number of nitrogen functional groups attached to an aromatic ring is 1. The van der Waals surface area contributed by atoms with Gasteiger partial charge in [-0.2, -0.15) is 0 Å². The molecule has 1 fully saturated rings. The molecule has 0 aliphatic carbocycles. The zero-order valence-electron chi connectivity index (χ0n) is 8.74. The SMILES string of the molecule is CN(c1ccc(Cl)cc1N)C1CCOC1. The lowest BCUT2D eigenvalue weighted by molar-refractivity contribution is 0.193. The lowest BCUT2D eigenvalue weighted by atomic mass is 10.2. The highest BCUT2D eigenvalue weighted by Crippen LogP contribution is 2.28. The van der Waals surface area contributed by atoms with E-state index >= 15 is 0 Å². The molecule has 2 N–H and O–H groups in total. The maximum absolute atomic E-state index is 5.92. The molecule has 0 spiro atoms. The van der Waals surface area contributed by atoms with Crippen LogP contribution in [-0.4, -0.2) is 26.3 Å². The predicted octanol–water partition coefficient (Wildman–Crippen LogP) is 2.15. The highest BCUT2D eigenvalue weighted by molar-refractivity contribution is 6.31. The Morgan fingerprint density at radius 1 is 1.53 bits per heavy atom. The molecule has 1 saturated heterocycles. The first-order valence-corrected chi connectivity index (χ1v) is 5.42. The Labute approximate surface area is 94.8 Å². The Kier molecular flexibility index (Phi) is 3.03. The van der Waals surface area contributed by atoms with Crippen molar-refractivity contribution in [1.29, 1.82) is 0 Å². The molecule has 0 radical (unpaired) electrons. The molecule has 2 rings (SSSR count). The molecule has 1 aromatic rings. The minimum Gasteiger partial charge on any atom is -0.397 e. The fourth-order valence-corrected chi connectivity index (χ4v) is 2.05. The molecule has 0 amide bonds. The smallest absolute Gasteiger partial charge is 0.0670 e. The maximum Gasteiger partial charge on any atom is 0.0670 e. The van der Waals surface area contributed by atoms with E-state index in [1.165, 1.54) is 0 Å². The van der Waals surface area contributed by atoms with Gasteiger partial charge in [0.2, 0.25) is 0 Å². The van der Waals surface area contributed by atoms with Crippen LogP contribution < -0.4 is 10.6 Å². The number of rotatable bonds is 2. The summed E-state index contributed by atoms with van der Waals surface area (Å²) in [5.41, 5.74) is 7.67. The number of hydrogen-bond acceptors (Lipinski definition) is 3. The third-order valence-electron chi connectivity index (χ3n) is 2.82. The second-order valence-electron chi connectivity index (χ2n) is 3.83. The molecule has 82 valence electrons. The fourth-order valence-electron chi connectivity index (χ4n) is 1.87. The van der Waals surface area contributed by atoms with Crippen molar-refractivity contribution in [1.82, 2.24) is 0 Å². The molecular weight excluding hydrogens is 212 g/mol. The van der Waals surface area contributed by atoms with E-state index in [0.29, 0.717) is 11.1 Å². The van der Waals surface area contributed by atoms with E-state index in [1.807, 2.05) is 19.2 Å². The van der Waals surface area contributed by atoms with Crippen LogP contribution in [0.4, 0.5) is 11.4 Å². The Hall–Kier alpha value is -0.930. The third-order valence-corrected chi connectivity index (χ3v) is 3.06. The minimum atomic E-state index is 0.425. The van der Waals surface area contributed by atoms with Crippen LogP contribution in [0.5, 0.6) is 0 Å². The summed E-state index contributed by atoms with van der Waals surface area (Å²) in [6.45, 7) is 1.61. The second kappa shape index (κ2) is 4.29. The summed E-state index contributed by atoms with van der Waals surface area (Å²) in [4.78, 5) is 2.17. The lowest BCUT2D eigenvalue weighted by Gasteiger charge is -2.26. The molecule has 0 aromatic heterocycles. The predicted molar refractivity (Wildman–Crippen MR) is 63.5 cm³/mol. The summed E-state index contributed by atoms with van der Waals surface area (Å²) in [5.74, 6) is 0. The van der Waals surface area contributed by atoms with Crippen LogP contribution in [0.1, 0.15) is 6.42 Å². The Balaban J connectivity index is 2.20. The van der Waals surface area contributed by atoms with Crippen LogP contribution >= 0.6 is 11.6 Å². The molecule has 0 saturated carbocycles. The molecule has 1 aromatic carbocycles. The standard InChI is InChI=1S/C11H15ClN2O/c1-14(9-4-5-15-7-9)11-3-2-8(12)6-10(11)13/h2-3,6,9H,4-5,7,13H2,1H3. The van der Waals surface area contributed by atoms with Gasteiger partial charge in [-0.25, -0.2) is 0 Å². The number of benzene rings is 1. The monoisotopic (exact) mass is 226 g/mol. The van der Waals surface area contributed by atoms with Gasteiger partial charge in [-0.1, -0.05) is 11.6 Å². The molecule has 0 bridgehead atoms. The van der Waals surface area contributed by atoms with Gasteiger partial charge >= 0.3 is 0 Å². The summed E-state index contributed by atoms with van der Waals surface area (Å²) in [6, 6.07) is 6.02. The van der Waals surface area contributed by atoms with Gasteiger partial charge in [0.1, 0.15) is 0 Å². The molecule has 15 heavy (non-hydrogen) atoms. The summed E-state index contributed by atoms with van der Waals surface area (Å²) >= 11 is 5.86. The molecule has 1 aliphatic heterocycles. The van der Waals surface area contributed by atoms with Crippen molar-refractivity contribution in [2.24, 2.45) is 0 Å². The molecule has 1 atom stereocenters. The highest BCUT2D eigenvalue weighted by atomic mass is 35.5. The summed E-state index contributed by atoms with van der Waals surface area (Å²) < 4.78 is 5.35. The van der Waals surface area contributed by atoms with Crippen LogP contribution in [0.3, 0.4) is 0 Å². The first-order valence-electron chi connectivity index (χ1n) is 5.04. The van der Waals surface area contributed by atoms with Gasteiger partial charge in [0, 0.05) is 18.7 Å². The van der Waals surface area contributed by atoms with E-state index < -0.39 is 0 Å². The molecular formula is C11H15ClN2O. The van der Waals surface area contributed by atoms with Crippen LogP contribution in [0.15, 0.2) is 18.2 Å². The fraction of sp³-hybridized carbons (Fsp3) is 0.455. The Bertz CT molecular complexity index is 350. The number of likely N-dealkylation sites (N-methyl/N-ethyl adjacent to an activating group) is 1. The molecule has 1 aliphatic rings. The Morgan fingerprint density at radius 3 is 2.93 bits per heavy atom. The summed E-state index contributed by atoms with van der Waals surface area (Å²) in [6.07, 6.45) is 1.05. The largest absolute Gasteiger partial charge is 0.397 e.